The Bertz CT molecular complexity index is 419. The number of likely N-dealkylation sites (tertiary alicyclic amines) is 1. The number of amides is 1. The van der Waals surface area contributed by atoms with E-state index >= 15 is 0 Å². The van der Waals surface area contributed by atoms with Gasteiger partial charge in [-0.05, 0) is 31.4 Å². The average Bonchev–Trinajstić information content (AvgIpc) is 2.39. The van der Waals surface area contributed by atoms with Crippen LogP contribution in [0.4, 0.5) is 0 Å². The van der Waals surface area contributed by atoms with Gasteiger partial charge in [0.15, 0.2) is 0 Å². The maximum atomic E-state index is 12.1. The van der Waals surface area contributed by atoms with Crippen LogP contribution in [-0.2, 0) is 4.79 Å². The van der Waals surface area contributed by atoms with Gasteiger partial charge in [0.2, 0.25) is 0 Å². The fraction of sp³-hybridized carbons (Fsp3) is 0.417. The largest absolute Gasteiger partial charge is 0.480 e. The van der Waals surface area contributed by atoms with Crippen LogP contribution in [0.25, 0.3) is 0 Å². The van der Waals surface area contributed by atoms with Gasteiger partial charge in [0.1, 0.15) is 11.7 Å². The summed E-state index contributed by atoms with van der Waals surface area (Å²) in [4.78, 5) is 28.6. The van der Waals surface area contributed by atoms with E-state index in [2.05, 4.69) is 4.98 Å². The fourth-order valence-electron chi connectivity index (χ4n) is 2.07. The van der Waals surface area contributed by atoms with Gasteiger partial charge in [0.25, 0.3) is 5.91 Å². The lowest BCUT2D eigenvalue weighted by atomic mass is 10.0. The maximum Gasteiger partial charge on any atom is 0.326 e. The molecular formula is C12H14N2O3. The van der Waals surface area contributed by atoms with Crippen LogP contribution < -0.4 is 0 Å². The van der Waals surface area contributed by atoms with E-state index in [0.29, 0.717) is 18.7 Å². The first-order chi connectivity index (χ1) is 8.20. The third-order valence-corrected chi connectivity index (χ3v) is 2.93. The van der Waals surface area contributed by atoms with Gasteiger partial charge in [0, 0.05) is 12.7 Å². The van der Waals surface area contributed by atoms with Crippen LogP contribution in [0.5, 0.6) is 0 Å². The van der Waals surface area contributed by atoms with E-state index in [0.717, 1.165) is 12.8 Å². The van der Waals surface area contributed by atoms with Gasteiger partial charge in [-0.25, -0.2) is 4.79 Å². The molecule has 0 spiro atoms. The van der Waals surface area contributed by atoms with E-state index in [1.54, 1.807) is 18.2 Å². The lowest BCUT2D eigenvalue weighted by molar-refractivity contribution is -0.143. The van der Waals surface area contributed by atoms with Crippen LogP contribution in [0.1, 0.15) is 29.8 Å². The molecular weight excluding hydrogens is 220 g/mol. The quantitative estimate of drug-likeness (QED) is 0.833. The maximum absolute atomic E-state index is 12.1. The molecule has 1 amide bonds. The average molecular weight is 234 g/mol. The first kappa shape index (κ1) is 11.6. The van der Waals surface area contributed by atoms with Crippen molar-refractivity contribution in [3.63, 3.8) is 0 Å². The monoisotopic (exact) mass is 234 g/mol. The molecule has 1 saturated heterocycles. The number of hydrogen-bond donors (Lipinski definition) is 1. The van der Waals surface area contributed by atoms with Crippen molar-refractivity contribution < 1.29 is 14.7 Å². The number of aliphatic carboxylic acids is 1. The van der Waals surface area contributed by atoms with Crippen LogP contribution in [0.2, 0.25) is 0 Å². The van der Waals surface area contributed by atoms with E-state index in [4.69, 9.17) is 5.11 Å². The number of carbonyl (C=O) groups is 2. The highest BCUT2D eigenvalue weighted by Gasteiger charge is 2.32. The minimum absolute atomic E-state index is 0.294. The molecule has 0 bridgehead atoms. The van der Waals surface area contributed by atoms with E-state index in [1.165, 1.54) is 11.1 Å². The zero-order chi connectivity index (χ0) is 12.3. The van der Waals surface area contributed by atoms with Crippen molar-refractivity contribution in [1.82, 2.24) is 9.88 Å². The molecule has 17 heavy (non-hydrogen) atoms. The van der Waals surface area contributed by atoms with Crippen LogP contribution in [0.3, 0.4) is 0 Å². The molecule has 1 fully saturated rings. The van der Waals surface area contributed by atoms with Crippen molar-refractivity contribution in [3.8, 4) is 0 Å². The molecule has 1 unspecified atom stereocenters. The van der Waals surface area contributed by atoms with E-state index in [9.17, 15) is 9.59 Å². The van der Waals surface area contributed by atoms with Crippen molar-refractivity contribution in [3.05, 3.63) is 30.1 Å². The molecule has 0 radical (unpaired) electrons. The Morgan fingerprint density at radius 3 is 2.82 bits per heavy atom. The lowest BCUT2D eigenvalue weighted by Crippen LogP contribution is -2.48. The Labute approximate surface area is 99.1 Å². The zero-order valence-electron chi connectivity index (χ0n) is 9.37. The second kappa shape index (κ2) is 4.95. The highest BCUT2D eigenvalue weighted by molar-refractivity contribution is 5.95. The summed E-state index contributed by atoms with van der Waals surface area (Å²) < 4.78 is 0. The molecule has 1 N–H and O–H groups in total. The predicted octanol–water partition coefficient (Wildman–Crippen LogP) is 1.16. The number of rotatable bonds is 2. The summed E-state index contributed by atoms with van der Waals surface area (Å²) in [6.07, 6.45) is 3.76. The van der Waals surface area contributed by atoms with Crippen molar-refractivity contribution in [2.75, 3.05) is 6.54 Å². The second-order valence-electron chi connectivity index (χ2n) is 4.06. The van der Waals surface area contributed by atoms with E-state index in [1.807, 2.05) is 0 Å². The Kier molecular flexibility index (Phi) is 3.37. The normalized spacial score (nSPS) is 20.0. The molecule has 1 aliphatic heterocycles. The van der Waals surface area contributed by atoms with Crippen LogP contribution >= 0.6 is 0 Å². The third-order valence-electron chi connectivity index (χ3n) is 2.93. The number of carboxylic acids is 1. The van der Waals surface area contributed by atoms with E-state index < -0.39 is 12.0 Å². The summed E-state index contributed by atoms with van der Waals surface area (Å²) >= 11 is 0. The van der Waals surface area contributed by atoms with Crippen molar-refractivity contribution in [2.24, 2.45) is 0 Å². The summed E-state index contributed by atoms with van der Waals surface area (Å²) in [6.45, 7) is 0.492. The number of hydrogen-bond acceptors (Lipinski definition) is 3. The first-order valence-corrected chi connectivity index (χ1v) is 5.65. The van der Waals surface area contributed by atoms with Gasteiger partial charge in [0.05, 0.1) is 0 Å². The molecule has 1 aromatic rings. The van der Waals surface area contributed by atoms with Crippen LogP contribution in [0.15, 0.2) is 24.4 Å². The molecule has 5 heteroatoms. The van der Waals surface area contributed by atoms with E-state index in [-0.39, 0.29) is 5.91 Å². The molecule has 0 aliphatic carbocycles. The molecule has 2 heterocycles. The number of carbonyl (C=O) groups excluding carboxylic acids is 1. The highest BCUT2D eigenvalue weighted by atomic mass is 16.4. The zero-order valence-corrected chi connectivity index (χ0v) is 9.37. The molecule has 2 rings (SSSR count). The van der Waals surface area contributed by atoms with Crippen LogP contribution in [-0.4, -0.2) is 39.5 Å². The Morgan fingerprint density at radius 2 is 2.18 bits per heavy atom. The Balaban J connectivity index is 2.20. The molecule has 90 valence electrons. The number of piperidine rings is 1. The van der Waals surface area contributed by atoms with Crippen molar-refractivity contribution >= 4 is 11.9 Å². The Hall–Kier alpha value is -1.91. The molecule has 1 aliphatic rings. The van der Waals surface area contributed by atoms with Gasteiger partial charge in [-0.3, -0.25) is 9.78 Å². The first-order valence-electron chi connectivity index (χ1n) is 5.65. The highest BCUT2D eigenvalue weighted by Crippen LogP contribution is 2.19. The smallest absolute Gasteiger partial charge is 0.326 e. The number of nitrogens with zero attached hydrogens (tertiary/aromatic N) is 2. The number of carboxylic acid groups (broad SMARTS) is 1. The van der Waals surface area contributed by atoms with Gasteiger partial charge in [-0.1, -0.05) is 6.07 Å². The summed E-state index contributed by atoms with van der Waals surface area (Å²) in [7, 11) is 0. The molecule has 1 aromatic heterocycles. The van der Waals surface area contributed by atoms with Gasteiger partial charge >= 0.3 is 5.97 Å². The third kappa shape index (κ3) is 2.43. The van der Waals surface area contributed by atoms with Gasteiger partial charge in [-0.15, -0.1) is 0 Å². The van der Waals surface area contributed by atoms with Gasteiger partial charge < -0.3 is 10.0 Å². The SMILES string of the molecule is O=C(O)C1CCCCN1C(=O)c1ccccn1. The van der Waals surface area contributed by atoms with Crippen molar-refractivity contribution in [1.29, 1.82) is 0 Å². The standard InChI is InChI=1S/C12H14N2O3/c15-11(9-5-1-3-7-13-9)14-8-4-2-6-10(14)12(16)17/h1,3,5,7,10H,2,4,6,8H2,(H,16,17). The van der Waals surface area contributed by atoms with Crippen molar-refractivity contribution in [2.45, 2.75) is 25.3 Å². The molecule has 0 aromatic carbocycles. The molecule has 1 atom stereocenters. The second-order valence-corrected chi connectivity index (χ2v) is 4.06. The molecule has 0 saturated carbocycles. The topological polar surface area (TPSA) is 70.5 Å². The summed E-state index contributed by atoms with van der Waals surface area (Å²) in [6, 6.07) is 4.34. The predicted molar refractivity (Wildman–Crippen MR) is 60.5 cm³/mol. The lowest BCUT2D eigenvalue weighted by Gasteiger charge is -2.32. The van der Waals surface area contributed by atoms with Gasteiger partial charge in [-0.2, -0.15) is 0 Å². The molecule has 5 nitrogen and oxygen atoms in total. The number of aromatic nitrogens is 1. The summed E-state index contributed by atoms with van der Waals surface area (Å²) in [5.41, 5.74) is 0.306. The fourth-order valence-corrected chi connectivity index (χ4v) is 2.07. The minimum Gasteiger partial charge on any atom is -0.480 e. The Morgan fingerprint density at radius 1 is 1.35 bits per heavy atom. The summed E-state index contributed by atoms with van der Waals surface area (Å²) in [5, 5.41) is 9.09. The summed E-state index contributed by atoms with van der Waals surface area (Å²) in [5.74, 6) is -1.23. The minimum atomic E-state index is -0.936. The van der Waals surface area contributed by atoms with Crippen LogP contribution in [0, 0.1) is 0 Å². The number of pyridine rings is 1.